The number of morpholine rings is 1. The van der Waals surface area contributed by atoms with E-state index in [9.17, 15) is 5.11 Å². The van der Waals surface area contributed by atoms with Crippen LogP contribution in [0.1, 0.15) is 32.6 Å². The summed E-state index contributed by atoms with van der Waals surface area (Å²) in [5, 5.41) is 14.1. The van der Waals surface area contributed by atoms with Gasteiger partial charge in [0.05, 0.1) is 24.8 Å². The van der Waals surface area contributed by atoms with Gasteiger partial charge in [0.15, 0.2) is 0 Å². The predicted molar refractivity (Wildman–Crippen MR) is 109 cm³/mol. The zero-order valence-electron chi connectivity index (χ0n) is 16.5. The molecule has 1 unspecified atom stereocenters. The van der Waals surface area contributed by atoms with Gasteiger partial charge in [-0.15, -0.1) is 0 Å². The molecular formula is C21H30N4O3. The third kappa shape index (κ3) is 5.10. The first kappa shape index (κ1) is 19.4. The van der Waals surface area contributed by atoms with Gasteiger partial charge in [-0.25, -0.2) is 9.97 Å². The van der Waals surface area contributed by atoms with E-state index in [4.69, 9.17) is 9.47 Å². The molecule has 1 aromatic heterocycles. The van der Waals surface area contributed by atoms with Crippen LogP contribution in [0.5, 0.6) is 5.75 Å². The van der Waals surface area contributed by atoms with Gasteiger partial charge in [-0.05, 0) is 44.7 Å². The molecule has 0 spiro atoms. The molecule has 1 saturated heterocycles. The van der Waals surface area contributed by atoms with Crippen LogP contribution < -0.4 is 10.1 Å². The summed E-state index contributed by atoms with van der Waals surface area (Å²) in [7, 11) is 0. The summed E-state index contributed by atoms with van der Waals surface area (Å²) < 4.78 is 11.5. The summed E-state index contributed by atoms with van der Waals surface area (Å²) in [4.78, 5) is 11.5. The second-order valence-electron chi connectivity index (χ2n) is 7.91. The largest absolute Gasteiger partial charge is 0.489 e. The summed E-state index contributed by atoms with van der Waals surface area (Å²) in [6.45, 7) is 6.53. The fraction of sp³-hybridized carbons (Fsp3) is 0.619. The SMILES string of the molecule is CC(CN1CCOCC1)Oc1ccc2cnc(N[C@H]3CC[C@H](O)CC3)nc2c1. The minimum atomic E-state index is -0.158. The van der Waals surface area contributed by atoms with Crippen LogP contribution >= 0.6 is 0 Å². The summed E-state index contributed by atoms with van der Waals surface area (Å²) >= 11 is 0. The van der Waals surface area contributed by atoms with E-state index >= 15 is 0 Å². The lowest BCUT2D eigenvalue weighted by Gasteiger charge is -2.29. The topological polar surface area (TPSA) is 79.7 Å². The lowest BCUT2D eigenvalue weighted by Crippen LogP contribution is -2.41. The number of anilines is 1. The molecule has 1 saturated carbocycles. The molecule has 2 aliphatic rings. The van der Waals surface area contributed by atoms with Crippen LogP contribution in [0, 0.1) is 0 Å². The first-order valence-corrected chi connectivity index (χ1v) is 10.3. The van der Waals surface area contributed by atoms with Gasteiger partial charge >= 0.3 is 0 Å². The fourth-order valence-electron chi connectivity index (χ4n) is 3.97. The maximum absolute atomic E-state index is 9.66. The monoisotopic (exact) mass is 386 g/mol. The van der Waals surface area contributed by atoms with Crippen molar-refractivity contribution in [3.8, 4) is 5.75 Å². The number of hydrogen-bond acceptors (Lipinski definition) is 7. The molecule has 7 heteroatoms. The van der Waals surface area contributed by atoms with E-state index in [0.717, 1.165) is 75.2 Å². The number of nitrogens with zero attached hydrogens (tertiary/aromatic N) is 3. The summed E-state index contributed by atoms with van der Waals surface area (Å²) in [6.07, 6.45) is 5.37. The lowest BCUT2D eigenvalue weighted by molar-refractivity contribution is 0.0219. The van der Waals surface area contributed by atoms with Gasteiger partial charge in [0.2, 0.25) is 5.95 Å². The normalized spacial score (nSPS) is 24.8. The van der Waals surface area contributed by atoms with Gasteiger partial charge in [-0.2, -0.15) is 0 Å². The number of aromatic nitrogens is 2. The standard InChI is InChI=1S/C21H30N4O3/c1-15(14-25-8-10-27-11-9-25)28-19-7-2-16-13-22-21(24-20(16)12-19)23-17-3-5-18(26)6-4-17/h2,7,12-13,15,17-18,26H,3-6,8-11,14H2,1H3,(H,22,23,24)/t15?,17-,18-. The Bertz CT molecular complexity index is 773. The van der Waals surface area contributed by atoms with Crippen LogP contribution in [-0.2, 0) is 4.74 Å². The number of benzene rings is 1. The van der Waals surface area contributed by atoms with Crippen LogP contribution in [0.4, 0.5) is 5.95 Å². The number of rotatable bonds is 6. The highest BCUT2D eigenvalue weighted by atomic mass is 16.5. The smallest absolute Gasteiger partial charge is 0.223 e. The van der Waals surface area contributed by atoms with Gasteiger partial charge < -0.3 is 19.9 Å². The van der Waals surface area contributed by atoms with E-state index in [0.29, 0.717) is 12.0 Å². The van der Waals surface area contributed by atoms with E-state index in [1.807, 2.05) is 24.4 Å². The highest BCUT2D eigenvalue weighted by Crippen LogP contribution is 2.24. The van der Waals surface area contributed by atoms with Crippen molar-refractivity contribution in [2.75, 3.05) is 38.2 Å². The van der Waals surface area contributed by atoms with Crippen molar-refractivity contribution in [2.24, 2.45) is 0 Å². The Hall–Kier alpha value is -1.96. The molecule has 2 N–H and O–H groups in total. The fourth-order valence-corrected chi connectivity index (χ4v) is 3.97. The van der Waals surface area contributed by atoms with Gasteiger partial charge in [-0.3, -0.25) is 4.90 Å². The number of hydrogen-bond donors (Lipinski definition) is 2. The summed E-state index contributed by atoms with van der Waals surface area (Å²) in [6, 6.07) is 6.31. The molecule has 0 bridgehead atoms. The molecule has 1 aliphatic carbocycles. The number of ether oxygens (including phenoxy) is 2. The predicted octanol–water partition coefficient (Wildman–Crippen LogP) is 2.44. The molecule has 2 heterocycles. The Morgan fingerprint density at radius 1 is 1.25 bits per heavy atom. The molecule has 4 rings (SSSR count). The van der Waals surface area contributed by atoms with Crippen LogP contribution in [0.25, 0.3) is 10.9 Å². The molecule has 7 nitrogen and oxygen atoms in total. The van der Waals surface area contributed by atoms with Crippen molar-refractivity contribution >= 4 is 16.9 Å². The average molecular weight is 386 g/mol. The van der Waals surface area contributed by atoms with Crippen LogP contribution in [0.3, 0.4) is 0 Å². The van der Waals surface area contributed by atoms with Crippen LogP contribution in [0.2, 0.25) is 0 Å². The lowest BCUT2D eigenvalue weighted by atomic mass is 9.93. The van der Waals surface area contributed by atoms with Crippen molar-refractivity contribution in [3.05, 3.63) is 24.4 Å². The molecule has 1 aromatic carbocycles. The first-order chi connectivity index (χ1) is 13.7. The third-order valence-corrected chi connectivity index (χ3v) is 5.54. The zero-order valence-corrected chi connectivity index (χ0v) is 16.5. The molecule has 152 valence electrons. The Balaban J connectivity index is 1.39. The van der Waals surface area contributed by atoms with E-state index in [-0.39, 0.29) is 12.2 Å². The highest BCUT2D eigenvalue weighted by Gasteiger charge is 2.20. The average Bonchev–Trinajstić information content (AvgIpc) is 2.70. The second kappa shape index (κ2) is 9.03. The number of aliphatic hydroxyl groups is 1. The second-order valence-corrected chi connectivity index (χ2v) is 7.91. The molecule has 1 aliphatic heterocycles. The maximum atomic E-state index is 9.66. The van der Waals surface area contributed by atoms with Crippen LogP contribution in [-0.4, -0.2) is 71.1 Å². The third-order valence-electron chi connectivity index (χ3n) is 5.54. The van der Waals surface area contributed by atoms with Gasteiger partial charge in [-0.1, -0.05) is 0 Å². The van der Waals surface area contributed by atoms with Crippen molar-refractivity contribution in [3.63, 3.8) is 0 Å². The van der Waals surface area contributed by atoms with E-state index in [1.54, 1.807) is 0 Å². The van der Waals surface area contributed by atoms with Gasteiger partial charge in [0.1, 0.15) is 11.9 Å². The Labute approximate surface area is 166 Å². The van der Waals surface area contributed by atoms with Crippen molar-refractivity contribution in [2.45, 2.75) is 50.9 Å². The molecule has 2 fully saturated rings. The maximum Gasteiger partial charge on any atom is 0.223 e. The van der Waals surface area contributed by atoms with E-state index in [2.05, 4.69) is 27.1 Å². The molecule has 2 aromatic rings. The summed E-state index contributed by atoms with van der Waals surface area (Å²) in [5.74, 6) is 1.48. The number of nitrogens with one attached hydrogen (secondary N) is 1. The van der Waals surface area contributed by atoms with Gasteiger partial charge in [0.25, 0.3) is 0 Å². The summed E-state index contributed by atoms with van der Waals surface area (Å²) in [5.41, 5.74) is 0.879. The van der Waals surface area contributed by atoms with Gasteiger partial charge in [0, 0.05) is 43.3 Å². The van der Waals surface area contributed by atoms with E-state index < -0.39 is 0 Å². The van der Waals surface area contributed by atoms with Crippen LogP contribution in [0.15, 0.2) is 24.4 Å². The first-order valence-electron chi connectivity index (χ1n) is 10.3. The molecule has 1 atom stereocenters. The molecule has 0 amide bonds. The minimum absolute atomic E-state index is 0.101. The Morgan fingerprint density at radius 3 is 2.82 bits per heavy atom. The molecular weight excluding hydrogens is 356 g/mol. The number of aliphatic hydroxyl groups excluding tert-OH is 1. The Kier molecular flexibility index (Phi) is 6.24. The Morgan fingerprint density at radius 2 is 2.04 bits per heavy atom. The zero-order chi connectivity index (χ0) is 19.3. The highest BCUT2D eigenvalue weighted by molar-refractivity contribution is 5.80. The van der Waals surface area contributed by atoms with E-state index in [1.165, 1.54) is 0 Å². The van der Waals surface area contributed by atoms with Crippen molar-refractivity contribution in [1.29, 1.82) is 0 Å². The molecule has 0 radical (unpaired) electrons. The number of fused-ring (bicyclic) bond motifs is 1. The minimum Gasteiger partial charge on any atom is -0.489 e. The van der Waals surface area contributed by atoms with Crippen molar-refractivity contribution < 1.29 is 14.6 Å². The molecule has 28 heavy (non-hydrogen) atoms. The van der Waals surface area contributed by atoms with Crippen molar-refractivity contribution in [1.82, 2.24) is 14.9 Å². The quantitative estimate of drug-likeness (QED) is 0.789.